The van der Waals surface area contributed by atoms with Gasteiger partial charge in [-0.1, -0.05) is 13.8 Å². The number of amidine groups is 1. The molecule has 20 heavy (non-hydrogen) atoms. The molecule has 0 aromatic carbocycles. The van der Waals surface area contributed by atoms with Crippen molar-refractivity contribution in [1.29, 1.82) is 0 Å². The second-order valence-corrected chi connectivity index (χ2v) is 5.06. The predicted octanol–water partition coefficient (Wildman–Crippen LogP) is 1.10. The molecule has 1 atom stereocenters. The van der Waals surface area contributed by atoms with E-state index in [9.17, 15) is 0 Å². The molecule has 7 heteroatoms. The Labute approximate surface area is 119 Å². The van der Waals surface area contributed by atoms with Gasteiger partial charge in [-0.05, 0) is 19.8 Å². The zero-order valence-electron chi connectivity index (χ0n) is 12.3. The van der Waals surface area contributed by atoms with Crippen molar-refractivity contribution >= 4 is 17.3 Å². The zero-order chi connectivity index (χ0) is 14.6. The molecule has 1 aromatic rings. The number of aliphatic imine (C=N–C) groups is 1. The Bertz CT molecular complexity index is 495. The van der Waals surface area contributed by atoms with E-state index in [1.807, 2.05) is 6.92 Å². The van der Waals surface area contributed by atoms with Gasteiger partial charge in [0.2, 0.25) is 0 Å². The second-order valence-electron chi connectivity index (χ2n) is 5.06. The van der Waals surface area contributed by atoms with Crippen molar-refractivity contribution in [3.8, 4) is 0 Å². The molecule has 0 saturated carbocycles. The zero-order valence-corrected chi connectivity index (χ0v) is 12.3. The number of fused-ring (bicyclic) bond motifs is 1. The summed E-state index contributed by atoms with van der Waals surface area (Å²) in [4.78, 5) is 13.1. The van der Waals surface area contributed by atoms with Gasteiger partial charge in [0, 0.05) is 13.1 Å². The lowest BCUT2D eigenvalue weighted by molar-refractivity contribution is 0.489. The Morgan fingerprint density at radius 2 is 2.10 bits per heavy atom. The standard InChI is InChI=1S/C13H23N7/c1-4-6-15-11-10-9(17-8-18-11)12(16-7-5-2)20-13(3,14)19-10/h8,19H,4-7,14H2,1-3H3,(H,16,20)(H,15,17,18). The highest BCUT2D eigenvalue weighted by Crippen LogP contribution is 2.27. The number of nitrogens with zero attached hydrogens (tertiary/aromatic N) is 3. The third-order valence-electron chi connectivity index (χ3n) is 2.87. The first-order chi connectivity index (χ1) is 9.57. The minimum atomic E-state index is -0.771. The van der Waals surface area contributed by atoms with Crippen LogP contribution < -0.4 is 21.7 Å². The minimum absolute atomic E-state index is 0.715. The van der Waals surface area contributed by atoms with E-state index in [0.29, 0.717) is 5.84 Å². The lowest BCUT2D eigenvalue weighted by Gasteiger charge is -2.36. The van der Waals surface area contributed by atoms with Crippen molar-refractivity contribution in [3.63, 3.8) is 0 Å². The average Bonchev–Trinajstić information content (AvgIpc) is 2.41. The van der Waals surface area contributed by atoms with E-state index in [2.05, 4.69) is 44.8 Å². The fourth-order valence-corrected chi connectivity index (χ4v) is 2.00. The minimum Gasteiger partial charge on any atom is -0.368 e. The van der Waals surface area contributed by atoms with Gasteiger partial charge in [-0.15, -0.1) is 0 Å². The Morgan fingerprint density at radius 1 is 1.30 bits per heavy atom. The van der Waals surface area contributed by atoms with Gasteiger partial charge in [-0.2, -0.15) is 0 Å². The van der Waals surface area contributed by atoms with Crippen LogP contribution in [0.5, 0.6) is 0 Å². The van der Waals surface area contributed by atoms with Crippen molar-refractivity contribution < 1.29 is 0 Å². The van der Waals surface area contributed by atoms with Crippen molar-refractivity contribution in [2.45, 2.75) is 39.4 Å². The summed E-state index contributed by atoms with van der Waals surface area (Å²) >= 11 is 0. The molecule has 2 rings (SSSR count). The van der Waals surface area contributed by atoms with Gasteiger partial charge in [0.1, 0.15) is 17.7 Å². The fourth-order valence-electron chi connectivity index (χ4n) is 2.00. The molecule has 0 amide bonds. The maximum absolute atomic E-state index is 6.17. The fraction of sp³-hybridized carbons (Fsp3) is 0.615. The molecule has 1 aliphatic rings. The maximum Gasteiger partial charge on any atom is 0.160 e. The van der Waals surface area contributed by atoms with Crippen molar-refractivity contribution in [2.75, 3.05) is 23.7 Å². The topological polar surface area (TPSA) is 100 Å². The second kappa shape index (κ2) is 6.04. The van der Waals surface area contributed by atoms with E-state index < -0.39 is 5.79 Å². The molecule has 0 fully saturated rings. The molecule has 110 valence electrons. The monoisotopic (exact) mass is 277 g/mol. The van der Waals surface area contributed by atoms with Crippen LogP contribution in [0.3, 0.4) is 0 Å². The lowest BCUT2D eigenvalue weighted by Crippen LogP contribution is -2.62. The molecular weight excluding hydrogens is 254 g/mol. The number of hydrogen-bond acceptors (Lipinski definition) is 6. The number of anilines is 2. The van der Waals surface area contributed by atoms with Crippen LogP contribution in [-0.2, 0) is 0 Å². The Morgan fingerprint density at radius 3 is 2.80 bits per heavy atom. The van der Waals surface area contributed by atoms with Crippen LogP contribution in [0.15, 0.2) is 11.3 Å². The van der Waals surface area contributed by atoms with Gasteiger partial charge in [0.05, 0.1) is 0 Å². The van der Waals surface area contributed by atoms with E-state index in [1.165, 1.54) is 0 Å². The smallest absolute Gasteiger partial charge is 0.160 e. The van der Waals surface area contributed by atoms with Crippen LogP contribution in [0.25, 0.3) is 0 Å². The van der Waals surface area contributed by atoms with Gasteiger partial charge in [-0.25, -0.2) is 9.97 Å². The third kappa shape index (κ3) is 3.16. The molecule has 0 bridgehead atoms. The van der Waals surface area contributed by atoms with Crippen LogP contribution in [0.1, 0.15) is 39.3 Å². The molecule has 0 saturated heterocycles. The molecule has 1 aliphatic heterocycles. The highest BCUT2D eigenvalue weighted by Gasteiger charge is 2.31. The third-order valence-corrected chi connectivity index (χ3v) is 2.87. The number of hydrogen-bond donors (Lipinski definition) is 4. The SMILES string of the molecule is CCCN=C1NC(C)(N)Nc2c(NCCC)ncnc21. The first-order valence-corrected chi connectivity index (χ1v) is 7.06. The summed E-state index contributed by atoms with van der Waals surface area (Å²) in [5.41, 5.74) is 7.73. The summed E-state index contributed by atoms with van der Waals surface area (Å²) < 4.78 is 0. The predicted molar refractivity (Wildman–Crippen MR) is 81.9 cm³/mol. The summed E-state index contributed by atoms with van der Waals surface area (Å²) in [6.07, 6.45) is 3.54. The van der Waals surface area contributed by atoms with Crippen molar-refractivity contribution in [3.05, 3.63) is 12.0 Å². The Hall–Kier alpha value is -1.89. The van der Waals surface area contributed by atoms with E-state index >= 15 is 0 Å². The molecule has 1 unspecified atom stereocenters. The molecule has 2 heterocycles. The summed E-state index contributed by atoms with van der Waals surface area (Å²) in [5, 5.41) is 9.67. The Balaban J connectivity index is 2.40. The number of rotatable bonds is 5. The molecular formula is C13H23N7. The molecule has 0 radical (unpaired) electrons. The normalized spacial score (nSPS) is 22.9. The number of nitrogens with two attached hydrogens (primary N) is 1. The van der Waals surface area contributed by atoms with E-state index in [1.54, 1.807) is 6.33 Å². The van der Waals surface area contributed by atoms with Crippen LogP contribution in [0, 0.1) is 0 Å². The summed E-state index contributed by atoms with van der Waals surface area (Å²) in [6, 6.07) is 0. The molecule has 7 nitrogen and oxygen atoms in total. The summed E-state index contributed by atoms with van der Waals surface area (Å²) in [7, 11) is 0. The largest absolute Gasteiger partial charge is 0.368 e. The van der Waals surface area contributed by atoms with Crippen molar-refractivity contribution in [2.24, 2.45) is 10.7 Å². The van der Waals surface area contributed by atoms with Gasteiger partial charge >= 0.3 is 0 Å². The average molecular weight is 277 g/mol. The first kappa shape index (κ1) is 14.5. The molecule has 5 N–H and O–H groups in total. The van der Waals surface area contributed by atoms with Gasteiger partial charge in [0.15, 0.2) is 17.4 Å². The summed E-state index contributed by atoms with van der Waals surface area (Å²) in [5.74, 6) is 0.708. The maximum atomic E-state index is 6.17. The summed E-state index contributed by atoms with van der Waals surface area (Å²) in [6.45, 7) is 7.63. The van der Waals surface area contributed by atoms with Gasteiger partial charge < -0.3 is 16.0 Å². The quantitative estimate of drug-likeness (QED) is 0.643. The first-order valence-electron chi connectivity index (χ1n) is 7.06. The van der Waals surface area contributed by atoms with Crippen LogP contribution >= 0.6 is 0 Å². The molecule has 1 aromatic heterocycles. The molecule has 0 spiro atoms. The highest BCUT2D eigenvalue weighted by atomic mass is 15.3. The van der Waals surface area contributed by atoms with E-state index in [-0.39, 0.29) is 0 Å². The number of nitrogens with one attached hydrogen (secondary N) is 3. The highest BCUT2D eigenvalue weighted by molar-refractivity contribution is 6.05. The lowest BCUT2D eigenvalue weighted by atomic mass is 10.2. The Kier molecular flexibility index (Phi) is 4.39. The van der Waals surface area contributed by atoms with Crippen LogP contribution in [-0.4, -0.2) is 34.7 Å². The number of aromatic nitrogens is 2. The van der Waals surface area contributed by atoms with E-state index in [0.717, 1.165) is 43.1 Å². The van der Waals surface area contributed by atoms with E-state index in [4.69, 9.17) is 5.73 Å². The van der Waals surface area contributed by atoms with Gasteiger partial charge in [-0.3, -0.25) is 10.7 Å². The molecule has 0 aliphatic carbocycles. The van der Waals surface area contributed by atoms with Crippen LogP contribution in [0.2, 0.25) is 0 Å². The van der Waals surface area contributed by atoms with Crippen molar-refractivity contribution in [1.82, 2.24) is 15.3 Å². The van der Waals surface area contributed by atoms with Crippen LogP contribution in [0.4, 0.5) is 11.5 Å². The van der Waals surface area contributed by atoms with Gasteiger partial charge in [0.25, 0.3) is 0 Å².